The molecule has 0 saturated heterocycles. The molecule has 0 aliphatic carbocycles. The van der Waals surface area contributed by atoms with Gasteiger partial charge in [0.2, 0.25) is 0 Å². The summed E-state index contributed by atoms with van der Waals surface area (Å²) in [5, 5.41) is 0. The first-order valence-electron chi connectivity index (χ1n) is 6.42. The molecule has 92 valence electrons. The Morgan fingerprint density at radius 1 is 1.00 bits per heavy atom. The summed E-state index contributed by atoms with van der Waals surface area (Å²) >= 11 is 0. The fraction of sp³-hybridized carbons (Fsp3) is 0.222. The molecule has 0 spiro atoms. The second-order valence-corrected chi connectivity index (χ2v) is 4.93. The van der Waals surface area contributed by atoms with Crippen LogP contribution in [0.1, 0.15) is 29.5 Å². The first-order valence-corrected chi connectivity index (χ1v) is 6.42. The molecule has 2 rings (SSSR count). The van der Waals surface area contributed by atoms with Crippen molar-refractivity contribution >= 4 is 0 Å². The number of hydrogen-bond donors (Lipinski definition) is 0. The summed E-state index contributed by atoms with van der Waals surface area (Å²) in [6.45, 7) is 10.4. The van der Waals surface area contributed by atoms with E-state index in [2.05, 4.69) is 69.8 Å². The van der Waals surface area contributed by atoms with Crippen LogP contribution in [0.15, 0.2) is 55.1 Å². The fourth-order valence-corrected chi connectivity index (χ4v) is 2.38. The third-order valence-electron chi connectivity index (χ3n) is 3.48. The number of hydrogen-bond acceptors (Lipinski definition) is 0. The average Bonchev–Trinajstić information content (AvgIpc) is 2.38. The molecule has 0 saturated carbocycles. The molecule has 1 atom stereocenters. The Kier molecular flexibility index (Phi) is 3.66. The predicted octanol–water partition coefficient (Wildman–Crippen LogP) is 5.26. The zero-order valence-electron chi connectivity index (χ0n) is 11.4. The number of benzene rings is 2. The number of aryl methyl sites for hydroxylation is 2. The molecule has 0 aliphatic heterocycles. The Balaban J connectivity index is 2.60. The molecule has 0 amide bonds. The summed E-state index contributed by atoms with van der Waals surface area (Å²) in [6, 6.07) is 15.2. The Labute approximate surface area is 110 Å². The van der Waals surface area contributed by atoms with E-state index in [4.69, 9.17) is 0 Å². The van der Waals surface area contributed by atoms with Crippen LogP contribution in [0.2, 0.25) is 0 Å². The minimum absolute atomic E-state index is 0.377. The summed E-state index contributed by atoms with van der Waals surface area (Å²) < 4.78 is 0. The summed E-state index contributed by atoms with van der Waals surface area (Å²) in [5.74, 6) is 0.377. The average molecular weight is 236 g/mol. The molecule has 18 heavy (non-hydrogen) atoms. The Morgan fingerprint density at radius 3 is 2.39 bits per heavy atom. The van der Waals surface area contributed by atoms with Crippen LogP contribution in [-0.2, 0) is 0 Å². The molecule has 0 nitrogen and oxygen atoms in total. The van der Waals surface area contributed by atoms with Crippen molar-refractivity contribution in [1.82, 2.24) is 0 Å². The first-order chi connectivity index (χ1) is 8.63. The van der Waals surface area contributed by atoms with E-state index in [9.17, 15) is 0 Å². The molecular weight excluding hydrogens is 216 g/mol. The van der Waals surface area contributed by atoms with Crippen molar-refractivity contribution in [3.8, 4) is 11.1 Å². The largest absolute Gasteiger partial charge is 0.102 e. The summed E-state index contributed by atoms with van der Waals surface area (Å²) in [6.07, 6.45) is 2.00. The Morgan fingerprint density at radius 2 is 1.72 bits per heavy atom. The minimum atomic E-state index is 0.377. The van der Waals surface area contributed by atoms with Crippen LogP contribution in [0.3, 0.4) is 0 Å². The van der Waals surface area contributed by atoms with E-state index in [0.29, 0.717) is 5.92 Å². The molecule has 2 aromatic rings. The highest BCUT2D eigenvalue weighted by atomic mass is 14.1. The van der Waals surface area contributed by atoms with E-state index >= 15 is 0 Å². The van der Waals surface area contributed by atoms with Crippen LogP contribution in [0.4, 0.5) is 0 Å². The lowest BCUT2D eigenvalue weighted by molar-refractivity contribution is 0.973. The van der Waals surface area contributed by atoms with Crippen LogP contribution in [-0.4, -0.2) is 0 Å². The van der Waals surface area contributed by atoms with Gasteiger partial charge >= 0.3 is 0 Å². The van der Waals surface area contributed by atoms with E-state index in [1.807, 2.05) is 6.08 Å². The summed E-state index contributed by atoms with van der Waals surface area (Å²) in [7, 11) is 0. The monoisotopic (exact) mass is 236 g/mol. The molecule has 0 heteroatoms. The van der Waals surface area contributed by atoms with Crippen molar-refractivity contribution in [3.63, 3.8) is 0 Å². The van der Waals surface area contributed by atoms with Gasteiger partial charge in [-0.25, -0.2) is 0 Å². The quantitative estimate of drug-likeness (QED) is 0.638. The van der Waals surface area contributed by atoms with E-state index in [0.717, 1.165) is 0 Å². The maximum atomic E-state index is 3.91. The lowest BCUT2D eigenvalue weighted by Gasteiger charge is -2.15. The molecule has 0 fully saturated rings. The lowest BCUT2D eigenvalue weighted by atomic mass is 9.89. The molecular formula is C18H20. The molecule has 1 unspecified atom stereocenters. The second-order valence-electron chi connectivity index (χ2n) is 4.93. The van der Waals surface area contributed by atoms with Crippen molar-refractivity contribution in [2.24, 2.45) is 0 Å². The van der Waals surface area contributed by atoms with Gasteiger partial charge in [0.1, 0.15) is 0 Å². The van der Waals surface area contributed by atoms with Crippen LogP contribution < -0.4 is 0 Å². The summed E-state index contributed by atoms with van der Waals surface area (Å²) in [4.78, 5) is 0. The zero-order chi connectivity index (χ0) is 13.1. The van der Waals surface area contributed by atoms with Crippen molar-refractivity contribution in [2.75, 3.05) is 0 Å². The van der Waals surface area contributed by atoms with Crippen LogP contribution in [0, 0.1) is 13.8 Å². The van der Waals surface area contributed by atoms with Crippen molar-refractivity contribution in [1.29, 1.82) is 0 Å². The highest BCUT2D eigenvalue weighted by Crippen LogP contribution is 2.32. The van der Waals surface area contributed by atoms with E-state index < -0.39 is 0 Å². The maximum Gasteiger partial charge on any atom is -0.000696 e. The highest BCUT2D eigenvalue weighted by molar-refractivity contribution is 5.71. The highest BCUT2D eigenvalue weighted by Gasteiger charge is 2.10. The molecule has 0 aromatic heterocycles. The van der Waals surface area contributed by atoms with Gasteiger partial charge in [-0.1, -0.05) is 61.0 Å². The fourth-order valence-electron chi connectivity index (χ4n) is 2.38. The van der Waals surface area contributed by atoms with Gasteiger partial charge in [0.05, 0.1) is 0 Å². The standard InChI is InChI=1S/C18H20/c1-5-14(3)16-8-6-7-9-18(16)17-11-10-13(2)12-15(17)4/h5-12,14H,1H2,2-4H3. The van der Waals surface area contributed by atoms with Crippen molar-refractivity contribution < 1.29 is 0 Å². The van der Waals surface area contributed by atoms with Crippen LogP contribution in [0.5, 0.6) is 0 Å². The number of allylic oxidation sites excluding steroid dienone is 1. The van der Waals surface area contributed by atoms with Gasteiger partial charge in [0, 0.05) is 0 Å². The molecule has 2 aromatic carbocycles. The second kappa shape index (κ2) is 5.22. The van der Waals surface area contributed by atoms with Crippen molar-refractivity contribution in [3.05, 3.63) is 71.8 Å². The first kappa shape index (κ1) is 12.6. The normalized spacial score (nSPS) is 12.2. The molecule has 0 radical (unpaired) electrons. The lowest BCUT2D eigenvalue weighted by Crippen LogP contribution is -1.94. The van der Waals surface area contributed by atoms with Crippen LogP contribution in [0.25, 0.3) is 11.1 Å². The smallest absolute Gasteiger partial charge is 0.000696 e. The summed E-state index contributed by atoms with van der Waals surface area (Å²) in [5.41, 5.74) is 6.64. The third-order valence-corrected chi connectivity index (χ3v) is 3.48. The molecule has 0 aliphatic rings. The van der Waals surface area contributed by atoms with Gasteiger partial charge in [-0.3, -0.25) is 0 Å². The molecule has 0 heterocycles. The maximum absolute atomic E-state index is 3.91. The van der Waals surface area contributed by atoms with E-state index in [1.165, 1.54) is 27.8 Å². The van der Waals surface area contributed by atoms with Gasteiger partial charge < -0.3 is 0 Å². The van der Waals surface area contributed by atoms with E-state index in [1.54, 1.807) is 0 Å². The Bertz CT molecular complexity index is 564. The van der Waals surface area contributed by atoms with Crippen LogP contribution >= 0.6 is 0 Å². The minimum Gasteiger partial charge on any atom is -0.102 e. The molecule has 0 N–H and O–H groups in total. The van der Waals surface area contributed by atoms with E-state index in [-0.39, 0.29) is 0 Å². The van der Waals surface area contributed by atoms with Gasteiger partial charge in [0.15, 0.2) is 0 Å². The van der Waals surface area contributed by atoms with Gasteiger partial charge in [0.25, 0.3) is 0 Å². The zero-order valence-corrected chi connectivity index (χ0v) is 11.4. The van der Waals surface area contributed by atoms with Gasteiger partial charge in [-0.05, 0) is 42.0 Å². The topological polar surface area (TPSA) is 0 Å². The molecule has 0 bridgehead atoms. The SMILES string of the molecule is C=CC(C)c1ccccc1-c1ccc(C)cc1C. The Hall–Kier alpha value is -1.82. The third kappa shape index (κ3) is 2.38. The van der Waals surface area contributed by atoms with Gasteiger partial charge in [-0.2, -0.15) is 0 Å². The predicted molar refractivity (Wildman–Crippen MR) is 80.0 cm³/mol. The van der Waals surface area contributed by atoms with Crippen molar-refractivity contribution in [2.45, 2.75) is 26.7 Å². The number of rotatable bonds is 3. The van der Waals surface area contributed by atoms with Gasteiger partial charge in [-0.15, -0.1) is 6.58 Å².